The van der Waals surface area contributed by atoms with Crippen molar-refractivity contribution in [2.75, 3.05) is 13.7 Å². The molecule has 124 valence electrons. The molecule has 23 heavy (non-hydrogen) atoms. The van der Waals surface area contributed by atoms with E-state index in [0.29, 0.717) is 24.6 Å². The van der Waals surface area contributed by atoms with Crippen molar-refractivity contribution in [2.45, 2.75) is 44.6 Å². The number of ether oxygens (including phenoxy) is 2. The lowest BCUT2D eigenvalue weighted by molar-refractivity contribution is -0.129. The summed E-state index contributed by atoms with van der Waals surface area (Å²) in [6, 6.07) is 4.03. The molecule has 5 nitrogen and oxygen atoms in total. The molecule has 2 aliphatic carbocycles. The minimum atomic E-state index is -0.358. The van der Waals surface area contributed by atoms with Crippen LogP contribution in [0.15, 0.2) is 12.1 Å². The second-order valence-corrected chi connectivity index (χ2v) is 7.53. The summed E-state index contributed by atoms with van der Waals surface area (Å²) in [4.78, 5) is 12.4. The Morgan fingerprint density at radius 1 is 1.48 bits per heavy atom. The van der Waals surface area contributed by atoms with E-state index in [4.69, 9.17) is 9.47 Å². The molecule has 5 heteroatoms. The van der Waals surface area contributed by atoms with Crippen LogP contribution in [0.25, 0.3) is 0 Å². The summed E-state index contributed by atoms with van der Waals surface area (Å²) >= 11 is 0. The Balaban J connectivity index is 1.87. The van der Waals surface area contributed by atoms with Crippen LogP contribution >= 0.6 is 0 Å². The van der Waals surface area contributed by atoms with Gasteiger partial charge >= 0.3 is 0 Å². The summed E-state index contributed by atoms with van der Waals surface area (Å²) in [7, 11) is 1.64. The number of hydroxylamine groups is 1. The largest absolute Gasteiger partial charge is 0.493 e. The van der Waals surface area contributed by atoms with Gasteiger partial charge in [-0.1, -0.05) is 13.0 Å². The maximum Gasteiger partial charge on any atom is 0.173 e. The van der Waals surface area contributed by atoms with Crippen LogP contribution in [0.5, 0.6) is 11.5 Å². The molecular weight excluding hydrogens is 294 g/mol. The van der Waals surface area contributed by atoms with Crippen LogP contribution in [0.2, 0.25) is 0 Å². The summed E-state index contributed by atoms with van der Waals surface area (Å²) < 4.78 is 11.5. The molecular formula is C18H23NO4. The fourth-order valence-electron chi connectivity index (χ4n) is 4.89. The van der Waals surface area contributed by atoms with Gasteiger partial charge < -0.3 is 14.7 Å². The molecule has 4 atom stereocenters. The average molecular weight is 317 g/mol. The first kappa shape index (κ1) is 15.0. The van der Waals surface area contributed by atoms with E-state index in [1.54, 1.807) is 7.11 Å². The van der Waals surface area contributed by atoms with Crippen LogP contribution in [0.4, 0.5) is 0 Å². The highest BCUT2D eigenvalue weighted by molar-refractivity contribution is 5.87. The number of nitrogens with one attached hydrogen (secondary N) is 1. The highest BCUT2D eigenvalue weighted by Gasteiger charge is 2.52. The van der Waals surface area contributed by atoms with Crippen molar-refractivity contribution in [1.82, 2.24) is 5.48 Å². The summed E-state index contributed by atoms with van der Waals surface area (Å²) in [5.41, 5.74) is 4.74. The zero-order valence-electron chi connectivity index (χ0n) is 13.6. The second kappa shape index (κ2) is 5.21. The van der Waals surface area contributed by atoms with Gasteiger partial charge in [-0.05, 0) is 42.2 Å². The van der Waals surface area contributed by atoms with E-state index >= 15 is 0 Å². The Morgan fingerprint density at radius 2 is 2.30 bits per heavy atom. The lowest BCUT2D eigenvalue weighted by atomic mass is 9.69. The number of carbonyl (C=O) groups is 1. The molecule has 0 aromatic heterocycles. The predicted octanol–water partition coefficient (Wildman–Crippen LogP) is 2.45. The van der Waals surface area contributed by atoms with Gasteiger partial charge in [-0.2, -0.15) is 0 Å². The first-order chi connectivity index (χ1) is 11.1. The van der Waals surface area contributed by atoms with Crippen molar-refractivity contribution in [3.63, 3.8) is 0 Å². The Kier molecular flexibility index (Phi) is 3.39. The number of ketones is 1. The van der Waals surface area contributed by atoms with Gasteiger partial charge in [-0.25, -0.2) is 5.48 Å². The van der Waals surface area contributed by atoms with E-state index in [0.717, 1.165) is 25.0 Å². The fourth-order valence-corrected chi connectivity index (χ4v) is 4.89. The van der Waals surface area contributed by atoms with Crippen molar-refractivity contribution in [1.29, 1.82) is 0 Å². The van der Waals surface area contributed by atoms with Crippen LogP contribution in [0.3, 0.4) is 0 Å². The molecule has 1 fully saturated rings. The molecule has 0 saturated heterocycles. The van der Waals surface area contributed by atoms with Gasteiger partial charge in [0.1, 0.15) is 0 Å². The number of methoxy groups -OCH3 is 1. The third-order valence-corrected chi connectivity index (χ3v) is 5.84. The average Bonchev–Trinajstić information content (AvgIpc) is 2.87. The number of hydrogen-bond donors (Lipinski definition) is 2. The van der Waals surface area contributed by atoms with E-state index in [1.807, 2.05) is 6.07 Å². The SMILES string of the molecule is COc1ccc2c3c1OC1C(=O)CCC(CC(C)(CNO)C2)C31. The normalized spacial score (nSPS) is 34.6. The highest BCUT2D eigenvalue weighted by atomic mass is 16.5. The molecule has 1 aromatic rings. The van der Waals surface area contributed by atoms with Gasteiger partial charge in [0.15, 0.2) is 23.4 Å². The van der Waals surface area contributed by atoms with E-state index in [-0.39, 0.29) is 23.2 Å². The molecule has 4 rings (SSSR count). The molecule has 4 unspecified atom stereocenters. The molecule has 0 amide bonds. The molecule has 0 spiro atoms. The van der Waals surface area contributed by atoms with Gasteiger partial charge in [0, 0.05) is 24.4 Å². The standard InChI is InChI=1S/C18H23NO4/c1-18(9-19-21)7-10-3-5-12(20)16-14(10)15-11(8-18)4-6-13(22-2)17(15)23-16/h4,6,10,14,16,19,21H,3,5,7-9H2,1-2H3. The summed E-state index contributed by atoms with van der Waals surface area (Å²) in [5.74, 6) is 2.23. The van der Waals surface area contributed by atoms with Gasteiger partial charge in [0.05, 0.1) is 7.11 Å². The Hall–Kier alpha value is -1.59. The molecule has 0 radical (unpaired) electrons. The van der Waals surface area contributed by atoms with Crippen LogP contribution in [-0.2, 0) is 11.2 Å². The zero-order chi connectivity index (χ0) is 16.2. The van der Waals surface area contributed by atoms with Crippen LogP contribution < -0.4 is 15.0 Å². The van der Waals surface area contributed by atoms with Crippen LogP contribution in [0, 0.1) is 11.3 Å². The Morgan fingerprint density at radius 3 is 3.04 bits per heavy atom. The minimum Gasteiger partial charge on any atom is -0.493 e. The number of hydrogen-bond acceptors (Lipinski definition) is 5. The highest BCUT2D eigenvalue weighted by Crippen LogP contribution is 2.57. The molecule has 2 N–H and O–H groups in total. The summed E-state index contributed by atoms with van der Waals surface area (Å²) in [5, 5.41) is 9.26. The monoisotopic (exact) mass is 317 g/mol. The van der Waals surface area contributed by atoms with Crippen molar-refractivity contribution in [3.8, 4) is 11.5 Å². The van der Waals surface area contributed by atoms with E-state index in [9.17, 15) is 10.0 Å². The number of carbonyl (C=O) groups excluding carboxylic acids is 1. The second-order valence-electron chi connectivity index (χ2n) is 7.53. The third-order valence-electron chi connectivity index (χ3n) is 5.84. The topological polar surface area (TPSA) is 67.8 Å². The number of Topliss-reactive ketones (excluding diaryl/α,β-unsaturated/α-hetero) is 1. The van der Waals surface area contributed by atoms with Gasteiger partial charge in [0.2, 0.25) is 0 Å². The Bertz CT molecular complexity index is 659. The minimum absolute atomic E-state index is 0.0307. The molecule has 1 aliphatic heterocycles. The van der Waals surface area contributed by atoms with Crippen molar-refractivity contribution in [2.24, 2.45) is 11.3 Å². The molecule has 1 heterocycles. The summed E-state index contributed by atoms with van der Waals surface area (Å²) in [6.45, 7) is 2.76. The maximum absolute atomic E-state index is 12.4. The quantitative estimate of drug-likeness (QED) is 0.838. The van der Waals surface area contributed by atoms with E-state index < -0.39 is 0 Å². The molecule has 0 bridgehead atoms. The van der Waals surface area contributed by atoms with E-state index in [2.05, 4.69) is 18.5 Å². The first-order valence-electron chi connectivity index (χ1n) is 8.32. The van der Waals surface area contributed by atoms with Gasteiger partial charge in [-0.15, -0.1) is 0 Å². The maximum atomic E-state index is 12.4. The molecule has 1 aromatic carbocycles. The Labute approximate surface area is 135 Å². The lowest BCUT2D eigenvalue weighted by Gasteiger charge is -2.36. The third kappa shape index (κ3) is 2.17. The van der Waals surface area contributed by atoms with E-state index in [1.165, 1.54) is 11.1 Å². The van der Waals surface area contributed by atoms with Crippen LogP contribution in [-0.4, -0.2) is 30.7 Å². The predicted molar refractivity (Wildman–Crippen MR) is 84.1 cm³/mol. The fraction of sp³-hybridized carbons (Fsp3) is 0.611. The first-order valence-corrected chi connectivity index (χ1v) is 8.32. The zero-order valence-corrected chi connectivity index (χ0v) is 13.6. The van der Waals surface area contributed by atoms with Crippen molar-refractivity contribution < 1.29 is 19.5 Å². The summed E-state index contributed by atoms with van der Waals surface area (Å²) in [6.07, 6.45) is 2.97. The van der Waals surface area contributed by atoms with Crippen molar-refractivity contribution in [3.05, 3.63) is 23.3 Å². The lowest BCUT2D eigenvalue weighted by Crippen LogP contribution is -2.40. The van der Waals surface area contributed by atoms with Crippen molar-refractivity contribution >= 4 is 5.78 Å². The van der Waals surface area contributed by atoms with Gasteiger partial charge in [0.25, 0.3) is 0 Å². The van der Waals surface area contributed by atoms with Gasteiger partial charge in [-0.3, -0.25) is 4.79 Å². The smallest absolute Gasteiger partial charge is 0.173 e. The van der Waals surface area contributed by atoms with Crippen LogP contribution in [0.1, 0.15) is 43.2 Å². The number of benzene rings is 1. The molecule has 1 saturated carbocycles. The molecule has 3 aliphatic rings. The number of rotatable bonds is 3.